The van der Waals surface area contributed by atoms with Gasteiger partial charge in [-0.05, 0) is 93.7 Å². The molecule has 1 aliphatic rings. The third-order valence-electron chi connectivity index (χ3n) is 11.3. The lowest BCUT2D eigenvalue weighted by Gasteiger charge is -2.30. The molecular weight excluding hydrogens is 747 g/mol. The minimum absolute atomic E-state index is 0.0728. The Kier molecular flexibility index (Phi) is 6.88. The average Bonchev–Trinajstić information content (AvgIpc) is 3.89. The summed E-state index contributed by atoms with van der Waals surface area (Å²) < 4.78 is 97.6. The van der Waals surface area contributed by atoms with Crippen molar-refractivity contribution in [1.82, 2.24) is 14.5 Å². The van der Waals surface area contributed by atoms with Crippen LogP contribution >= 0.6 is 0 Å². The van der Waals surface area contributed by atoms with Gasteiger partial charge in [-0.3, -0.25) is 9.55 Å². The molecule has 6 heteroatoms. The zero-order valence-electron chi connectivity index (χ0n) is 44.8. The molecule has 9 aromatic rings. The van der Waals surface area contributed by atoms with Crippen molar-refractivity contribution in [2.24, 2.45) is 0 Å². The maximum Gasteiger partial charge on any atom is 0.137 e. The Balaban J connectivity index is 1.13. The van der Waals surface area contributed by atoms with Crippen LogP contribution in [0.4, 0.5) is 22.7 Å². The molecule has 10 rings (SSSR count). The van der Waals surface area contributed by atoms with Gasteiger partial charge < -0.3 is 14.5 Å². The van der Waals surface area contributed by atoms with E-state index in [2.05, 4.69) is 60.7 Å². The lowest BCUT2D eigenvalue weighted by Crippen LogP contribution is -2.25. The van der Waals surface area contributed by atoms with Crippen molar-refractivity contribution in [3.63, 3.8) is 0 Å². The minimum atomic E-state index is -0.616. The molecule has 4 heterocycles. The molecule has 0 bridgehead atoms. The Hall–Kier alpha value is -7.18. The molecule has 300 valence electrons. The van der Waals surface area contributed by atoms with Crippen LogP contribution in [0.3, 0.4) is 0 Å². The SMILES string of the molecule is [2H]c1c([2H])c([2H])c(-c2cc(C(C)(C)C)cc(-c3c([2H])c([2H])c([2H])c([2H])c3[2H])c2N2CN(c3cccc(Oc4ccc5c6ccccc6n(-c6cc(C(C)(C)C)ccn6)c5c4)c3)c3ccncc32)c([2H])c1[2H]. The third kappa shape index (κ3) is 6.98. The van der Waals surface area contributed by atoms with Crippen molar-refractivity contribution in [2.45, 2.75) is 52.4 Å². The van der Waals surface area contributed by atoms with Crippen molar-refractivity contribution in [3.8, 4) is 39.6 Å². The number of fused-ring (bicyclic) bond motifs is 4. The van der Waals surface area contributed by atoms with Gasteiger partial charge in [0.2, 0.25) is 0 Å². The normalized spacial score (nSPS) is 15.2. The molecule has 0 spiro atoms. The minimum Gasteiger partial charge on any atom is -0.457 e. The second-order valence-corrected chi connectivity index (χ2v) is 17.3. The predicted octanol–water partition coefficient (Wildman–Crippen LogP) is 14.5. The Bertz CT molecular complexity index is 3520. The van der Waals surface area contributed by atoms with E-state index in [-0.39, 0.29) is 40.0 Å². The Morgan fingerprint density at radius 2 is 1.25 bits per heavy atom. The largest absolute Gasteiger partial charge is 0.457 e. The monoisotopic (exact) mass is 805 g/mol. The second kappa shape index (κ2) is 14.8. The number of nitrogens with zero attached hydrogens (tertiary/aromatic N) is 5. The maximum atomic E-state index is 9.23. The van der Waals surface area contributed by atoms with Crippen LogP contribution in [0, 0.1) is 0 Å². The quantitative estimate of drug-likeness (QED) is 0.161. The second-order valence-electron chi connectivity index (χ2n) is 17.3. The molecule has 0 atom stereocenters. The first kappa shape index (κ1) is 28.3. The average molecular weight is 806 g/mol. The van der Waals surface area contributed by atoms with E-state index in [4.69, 9.17) is 17.9 Å². The number of para-hydroxylation sites is 1. The van der Waals surface area contributed by atoms with Crippen LogP contribution in [-0.4, -0.2) is 21.2 Å². The molecule has 0 unspecified atom stereocenters. The number of hydrogen-bond acceptors (Lipinski definition) is 5. The van der Waals surface area contributed by atoms with Crippen LogP contribution < -0.4 is 14.5 Å². The summed E-state index contributed by atoms with van der Waals surface area (Å²) in [5, 5.41) is 2.14. The highest BCUT2D eigenvalue weighted by molar-refractivity contribution is 6.09. The molecule has 6 nitrogen and oxygen atoms in total. The number of pyridine rings is 2. The van der Waals surface area contributed by atoms with Gasteiger partial charge in [-0.1, -0.05) is 126 Å². The molecule has 0 amide bonds. The number of anilines is 4. The van der Waals surface area contributed by atoms with Crippen LogP contribution in [0.5, 0.6) is 11.5 Å². The van der Waals surface area contributed by atoms with E-state index in [1.54, 1.807) is 24.5 Å². The highest BCUT2D eigenvalue weighted by atomic mass is 16.5. The lowest BCUT2D eigenvalue weighted by atomic mass is 9.82. The van der Waals surface area contributed by atoms with Gasteiger partial charge >= 0.3 is 0 Å². The molecule has 6 aromatic carbocycles. The maximum absolute atomic E-state index is 9.23. The third-order valence-corrected chi connectivity index (χ3v) is 11.3. The van der Waals surface area contributed by atoms with E-state index in [1.807, 2.05) is 91.4 Å². The van der Waals surface area contributed by atoms with Crippen molar-refractivity contribution in [3.05, 3.63) is 187 Å². The zero-order chi connectivity index (χ0) is 50.6. The fourth-order valence-electron chi connectivity index (χ4n) is 8.15. The van der Waals surface area contributed by atoms with Crippen molar-refractivity contribution >= 4 is 44.6 Å². The summed E-state index contributed by atoms with van der Waals surface area (Å²) in [6.07, 6.45) is 5.17. The summed E-state index contributed by atoms with van der Waals surface area (Å²) in [5.74, 6) is 1.94. The summed E-state index contributed by atoms with van der Waals surface area (Å²) in [7, 11) is 0. The smallest absolute Gasteiger partial charge is 0.137 e. The Morgan fingerprint density at radius 3 is 1.95 bits per heavy atom. The van der Waals surface area contributed by atoms with Gasteiger partial charge in [-0.15, -0.1) is 0 Å². The Morgan fingerprint density at radius 1 is 0.574 bits per heavy atom. The van der Waals surface area contributed by atoms with Gasteiger partial charge in [-0.2, -0.15) is 0 Å². The number of ether oxygens (including phenoxy) is 1. The van der Waals surface area contributed by atoms with Gasteiger partial charge in [-0.25, -0.2) is 4.98 Å². The van der Waals surface area contributed by atoms with Crippen molar-refractivity contribution < 1.29 is 18.4 Å². The van der Waals surface area contributed by atoms with E-state index in [0.717, 1.165) is 38.9 Å². The Labute approximate surface area is 372 Å². The number of benzene rings is 6. The summed E-state index contributed by atoms with van der Waals surface area (Å²) in [5.41, 5.74) is 5.54. The molecule has 61 heavy (non-hydrogen) atoms. The topological polar surface area (TPSA) is 46.4 Å². The predicted molar refractivity (Wildman–Crippen MR) is 253 cm³/mol. The summed E-state index contributed by atoms with van der Waals surface area (Å²) >= 11 is 0. The molecule has 1 aliphatic heterocycles. The summed E-state index contributed by atoms with van der Waals surface area (Å²) in [6, 6.07) is 26.4. The summed E-state index contributed by atoms with van der Waals surface area (Å²) in [4.78, 5) is 13.2. The molecule has 0 saturated heterocycles. The lowest BCUT2D eigenvalue weighted by molar-refractivity contribution is 0.483. The molecule has 0 N–H and O–H groups in total. The van der Waals surface area contributed by atoms with Gasteiger partial charge in [0.25, 0.3) is 0 Å². The van der Waals surface area contributed by atoms with E-state index in [0.29, 0.717) is 28.4 Å². The van der Waals surface area contributed by atoms with E-state index < -0.39 is 65.8 Å². The number of aromatic nitrogens is 3. The molecular formula is C55H49N5O. The van der Waals surface area contributed by atoms with Crippen LogP contribution in [0.1, 0.15) is 66.4 Å². The molecule has 0 fully saturated rings. The van der Waals surface area contributed by atoms with Gasteiger partial charge in [0, 0.05) is 52.1 Å². The molecule has 0 saturated carbocycles. The number of rotatable bonds is 7. The first-order chi connectivity index (χ1) is 33.6. The standard InChI is InChI=1S/C55H49N5O/c1-54(2,3)39-26-29-57-52(32-39)60-48-23-14-13-22-44(48)45-25-24-43(34-50(45)60)61-42-21-15-20-41(33-42)58-36-59(51-35-56-28-27-49(51)58)53-46(37-16-9-7-10-17-37)30-40(55(4,5)6)31-47(53)38-18-11-8-12-19-38/h7-35H,36H2,1-6H3/i7D,8D,9D,10D,11D,12D,16D,17D,18D,19D. The van der Waals surface area contributed by atoms with Gasteiger partial charge in [0.15, 0.2) is 0 Å². The fraction of sp³-hybridized carbons (Fsp3) is 0.164. The zero-order valence-corrected chi connectivity index (χ0v) is 34.8. The van der Waals surface area contributed by atoms with E-state index >= 15 is 0 Å². The van der Waals surface area contributed by atoms with Gasteiger partial charge in [0.05, 0.1) is 48.0 Å². The van der Waals surface area contributed by atoms with Crippen LogP contribution in [-0.2, 0) is 10.8 Å². The van der Waals surface area contributed by atoms with Crippen LogP contribution in [0.25, 0.3) is 49.9 Å². The van der Waals surface area contributed by atoms with E-state index in [9.17, 15) is 5.48 Å². The highest BCUT2D eigenvalue weighted by Crippen LogP contribution is 2.51. The van der Waals surface area contributed by atoms with Crippen molar-refractivity contribution in [2.75, 3.05) is 16.5 Å². The van der Waals surface area contributed by atoms with E-state index in [1.165, 1.54) is 0 Å². The molecule has 0 aliphatic carbocycles. The number of hydrogen-bond donors (Lipinski definition) is 0. The highest BCUT2D eigenvalue weighted by Gasteiger charge is 2.33. The van der Waals surface area contributed by atoms with Crippen LogP contribution in [0.15, 0.2) is 176 Å². The molecule has 0 radical (unpaired) electrons. The van der Waals surface area contributed by atoms with Crippen molar-refractivity contribution in [1.29, 1.82) is 0 Å². The van der Waals surface area contributed by atoms with Gasteiger partial charge in [0.1, 0.15) is 24.0 Å². The summed E-state index contributed by atoms with van der Waals surface area (Å²) in [6.45, 7) is 12.5. The fourth-order valence-corrected chi connectivity index (χ4v) is 8.15. The first-order valence-corrected chi connectivity index (χ1v) is 20.3. The first-order valence-electron chi connectivity index (χ1n) is 25.3. The molecule has 3 aromatic heterocycles. The van der Waals surface area contributed by atoms with Crippen LogP contribution in [0.2, 0.25) is 0 Å².